The van der Waals surface area contributed by atoms with Crippen molar-refractivity contribution < 1.29 is 54.2 Å². The summed E-state index contributed by atoms with van der Waals surface area (Å²) in [6.07, 6.45) is -4.32. The normalized spacial score (nSPS) is 13.0. The summed E-state index contributed by atoms with van der Waals surface area (Å²) in [5, 5.41) is 0. The molecule has 0 atom stereocenters. The molecule has 0 unspecified atom stereocenters. The minimum absolute atomic E-state index is 0.0746. The number of ether oxygens (including phenoxy) is 2. The maximum Gasteiger partial charge on any atom is 0.381 e. The van der Waals surface area contributed by atoms with Gasteiger partial charge < -0.3 is 9.47 Å². The highest BCUT2D eigenvalue weighted by atomic mass is 19.4. The lowest BCUT2D eigenvalue weighted by Gasteiger charge is -2.31. The third-order valence-electron chi connectivity index (χ3n) is 2.87. The minimum Gasteiger partial charge on any atom is -0.465 e. The van der Waals surface area contributed by atoms with Crippen LogP contribution in [0.25, 0.3) is 0 Å². The Morgan fingerprint density at radius 2 is 1.44 bits per heavy atom. The van der Waals surface area contributed by atoms with Crippen LogP contribution in [-0.4, -0.2) is 49.3 Å². The van der Waals surface area contributed by atoms with Crippen LogP contribution in [0.4, 0.5) is 35.1 Å². The molecule has 0 saturated heterocycles. The first-order valence-electron chi connectivity index (χ1n) is 7.02. The van der Waals surface area contributed by atoms with Crippen LogP contribution in [0.15, 0.2) is 0 Å². The van der Waals surface area contributed by atoms with Crippen molar-refractivity contribution in [3.05, 3.63) is 0 Å². The van der Waals surface area contributed by atoms with E-state index in [4.69, 9.17) is 0 Å². The molecule has 0 saturated carbocycles. The van der Waals surface area contributed by atoms with Crippen LogP contribution >= 0.6 is 0 Å². The topological polar surface area (TPSA) is 52.6 Å². The minimum atomic E-state index is -6.48. The van der Waals surface area contributed by atoms with E-state index in [0.29, 0.717) is 12.8 Å². The summed E-state index contributed by atoms with van der Waals surface area (Å²) in [5.74, 6) is -21.6. The quantitative estimate of drug-likeness (QED) is 0.234. The molecule has 0 rings (SSSR count). The number of alkyl halides is 8. The smallest absolute Gasteiger partial charge is 0.381 e. The third-order valence-corrected chi connectivity index (χ3v) is 2.87. The van der Waals surface area contributed by atoms with Crippen molar-refractivity contribution in [3.8, 4) is 0 Å². The summed E-state index contributed by atoms with van der Waals surface area (Å²) in [7, 11) is 0. The molecule has 12 heteroatoms. The number of halogens is 8. The summed E-state index contributed by atoms with van der Waals surface area (Å²) in [6, 6.07) is 0. The predicted octanol–water partition coefficient (Wildman–Crippen LogP) is 3.82. The Balaban J connectivity index is 4.58. The van der Waals surface area contributed by atoms with Gasteiger partial charge in [-0.2, -0.15) is 26.3 Å². The number of hydrogen-bond donors (Lipinski definition) is 0. The Hall–Kier alpha value is -1.62. The maximum absolute atomic E-state index is 13.1. The Bertz CT molecular complexity index is 453. The zero-order chi connectivity index (χ0) is 19.9. The second-order valence-electron chi connectivity index (χ2n) is 4.97. The number of unbranched alkanes of at least 4 members (excludes halogenated alkanes) is 2. The molecule has 0 aliphatic heterocycles. The fourth-order valence-electron chi connectivity index (χ4n) is 1.40. The molecule has 0 aromatic heterocycles. The van der Waals surface area contributed by atoms with E-state index in [1.54, 1.807) is 0 Å². The number of hydrogen-bond acceptors (Lipinski definition) is 4. The highest BCUT2D eigenvalue weighted by Gasteiger charge is 2.75. The summed E-state index contributed by atoms with van der Waals surface area (Å²) < 4.78 is 109. The molecular weight excluding hydrogens is 372 g/mol. The first kappa shape index (κ1) is 23.4. The lowest BCUT2D eigenvalue weighted by atomic mass is 10.1. The number of esters is 2. The summed E-state index contributed by atoms with van der Waals surface area (Å²) in [5.41, 5.74) is 0. The van der Waals surface area contributed by atoms with Crippen LogP contribution in [0.3, 0.4) is 0 Å². The van der Waals surface area contributed by atoms with E-state index in [0.717, 1.165) is 6.42 Å². The van der Waals surface area contributed by atoms with Crippen LogP contribution in [0.1, 0.15) is 32.6 Å². The monoisotopic (exact) mass is 388 g/mol. The Morgan fingerprint density at radius 1 is 0.920 bits per heavy atom. The van der Waals surface area contributed by atoms with Crippen LogP contribution in [0.2, 0.25) is 0 Å². The van der Waals surface area contributed by atoms with Gasteiger partial charge in [-0.3, -0.25) is 9.59 Å². The van der Waals surface area contributed by atoms with Gasteiger partial charge in [0.25, 0.3) is 0 Å². The average Bonchev–Trinajstić information content (AvgIpc) is 2.49. The van der Waals surface area contributed by atoms with E-state index in [1.165, 1.54) is 0 Å². The van der Waals surface area contributed by atoms with Gasteiger partial charge in [0.15, 0.2) is 6.61 Å². The SMILES string of the molecule is CCCCCOC(=O)CC(=O)OCC(F)(F)C(F)(F)C(F)(F)C(F)F. The Morgan fingerprint density at radius 3 is 1.92 bits per heavy atom. The second kappa shape index (κ2) is 9.18. The van der Waals surface area contributed by atoms with E-state index in [2.05, 4.69) is 9.47 Å². The van der Waals surface area contributed by atoms with Crippen LogP contribution in [0.5, 0.6) is 0 Å². The summed E-state index contributed by atoms with van der Waals surface area (Å²) in [4.78, 5) is 22.2. The summed E-state index contributed by atoms with van der Waals surface area (Å²) in [6.45, 7) is -0.828. The molecule has 0 fully saturated rings. The van der Waals surface area contributed by atoms with Gasteiger partial charge in [0.05, 0.1) is 6.61 Å². The van der Waals surface area contributed by atoms with Crippen molar-refractivity contribution >= 4 is 11.9 Å². The van der Waals surface area contributed by atoms with Gasteiger partial charge in [0, 0.05) is 0 Å². The first-order chi connectivity index (χ1) is 11.3. The molecule has 0 aliphatic rings. The Kier molecular flexibility index (Phi) is 8.59. The van der Waals surface area contributed by atoms with Crippen molar-refractivity contribution in [2.45, 2.75) is 56.8 Å². The van der Waals surface area contributed by atoms with E-state index >= 15 is 0 Å². The van der Waals surface area contributed by atoms with Crippen LogP contribution < -0.4 is 0 Å². The molecule has 148 valence electrons. The lowest BCUT2D eigenvalue weighted by molar-refractivity contribution is -0.344. The first-order valence-corrected chi connectivity index (χ1v) is 7.02. The van der Waals surface area contributed by atoms with Gasteiger partial charge >= 0.3 is 36.1 Å². The van der Waals surface area contributed by atoms with E-state index in [-0.39, 0.29) is 6.61 Å². The fourth-order valence-corrected chi connectivity index (χ4v) is 1.40. The molecule has 0 aromatic rings. The van der Waals surface area contributed by atoms with Gasteiger partial charge in [-0.25, -0.2) is 8.78 Å². The third kappa shape index (κ3) is 6.31. The molecule has 0 bridgehead atoms. The van der Waals surface area contributed by atoms with Crippen molar-refractivity contribution in [1.29, 1.82) is 0 Å². The zero-order valence-corrected chi connectivity index (χ0v) is 13.0. The van der Waals surface area contributed by atoms with Crippen LogP contribution in [-0.2, 0) is 19.1 Å². The number of carbonyl (C=O) groups is 2. The van der Waals surface area contributed by atoms with Crippen molar-refractivity contribution in [2.24, 2.45) is 0 Å². The highest BCUT2D eigenvalue weighted by molar-refractivity contribution is 5.91. The predicted molar refractivity (Wildman–Crippen MR) is 66.9 cm³/mol. The molecule has 0 aliphatic carbocycles. The second-order valence-corrected chi connectivity index (χ2v) is 4.97. The van der Waals surface area contributed by atoms with Gasteiger partial charge in [-0.05, 0) is 6.42 Å². The van der Waals surface area contributed by atoms with E-state index in [1.807, 2.05) is 6.92 Å². The maximum atomic E-state index is 13.1. The molecular formula is C13H16F8O4. The molecule has 0 radical (unpaired) electrons. The Labute approximate surface area is 137 Å². The highest BCUT2D eigenvalue weighted by Crippen LogP contribution is 2.48. The van der Waals surface area contributed by atoms with Gasteiger partial charge in [-0.1, -0.05) is 19.8 Å². The van der Waals surface area contributed by atoms with Crippen molar-refractivity contribution in [1.82, 2.24) is 0 Å². The molecule has 0 N–H and O–H groups in total. The molecule has 0 amide bonds. The number of carbonyl (C=O) groups excluding carboxylic acids is 2. The van der Waals surface area contributed by atoms with Crippen LogP contribution in [0, 0.1) is 0 Å². The standard InChI is InChI=1S/C13H16F8O4/c1-2-3-4-5-24-8(22)6-9(23)25-7-11(16,17)13(20,21)12(18,19)10(14)15/h10H,2-7H2,1H3. The largest absolute Gasteiger partial charge is 0.465 e. The molecule has 0 spiro atoms. The molecule has 4 nitrogen and oxygen atoms in total. The molecule has 25 heavy (non-hydrogen) atoms. The van der Waals surface area contributed by atoms with E-state index < -0.39 is 49.2 Å². The van der Waals surface area contributed by atoms with Crippen molar-refractivity contribution in [3.63, 3.8) is 0 Å². The number of rotatable bonds is 11. The van der Waals surface area contributed by atoms with Crippen molar-refractivity contribution in [2.75, 3.05) is 13.2 Å². The van der Waals surface area contributed by atoms with E-state index in [9.17, 15) is 44.7 Å². The van der Waals surface area contributed by atoms with Gasteiger partial charge in [0.1, 0.15) is 6.42 Å². The fraction of sp³-hybridized carbons (Fsp3) is 0.846. The average molecular weight is 388 g/mol. The lowest BCUT2D eigenvalue weighted by Crippen LogP contribution is -2.59. The zero-order valence-electron chi connectivity index (χ0n) is 13.0. The molecule has 0 aromatic carbocycles. The van der Waals surface area contributed by atoms with Gasteiger partial charge in [-0.15, -0.1) is 0 Å². The summed E-state index contributed by atoms with van der Waals surface area (Å²) >= 11 is 0. The van der Waals surface area contributed by atoms with Gasteiger partial charge in [0.2, 0.25) is 0 Å². The molecule has 0 heterocycles.